The Morgan fingerprint density at radius 3 is 2.86 bits per heavy atom. The summed E-state index contributed by atoms with van der Waals surface area (Å²) in [4.78, 5) is 16.2. The smallest absolute Gasteiger partial charge is 0.227 e. The number of nitrogens with zero attached hydrogens (tertiary/aromatic N) is 3. The summed E-state index contributed by atoms with van der Waals surface area (Å²) < 4.78 is 0. The van der Waals surface area contributed by atoms with Gasteiger partial charge in [-0.1, -0.05) is 25.2 Å². The molecule has 2 aromatic heterocycles. The second-order valence-corrected chi connectivity index (χ2v) is 7.99. The van der Waals surface area contributed by atoms with Crippen molar-refractivity contribution in [1.29, 1.82) is 0 Å². The molecule has 0 aromatic carbocycles. The third kappa shape index (κ3) is 5.37. The van der Waals surface area contributed by atoms with Crippen molar-refractivity contribution in [2.45, 2.75) is 38.9 Å². The van der Waals surface area contributed by atoms with Gasteiger partial charge in [0.05, 0.1) is 10.7 Å². The lowest BCUT2D eigenvalue weighted by atomic mass is 10.2. The number of nitrogens with one attached hydrogen (secondary N) is 1. The van der Waals surface area contributed by atoms with Crippen LogP contribution in [0.25, 0.3) is 0 Å². The molecule has 1 amide bonds. The Morgan fingerprint density at radius 1 is 1.43 bits per heavy atom. The maximum absolute atomic E-state index is 11.8. The predicted octanol–water partition coefficient (Wildman–Crippen LogP) is 3.69. The second kappa shape index (κ2) is 7.86. The van der Waals surface area contributed by atoms with E-state index in [1.165, 1.54) is 11.3 Å². The van der Waals surface area contributed by atoms with Crippen molar-refractivity contribution in [1.82, 2.24) is 15.2 Å². The fraction of sp³-hybridized carbons (Fsp3) is 0.538. The second-order valence-electron chi connectivity index (χ2n) is 4.81. The molecule has 5 nitrogen and oxygen atoms in total. The first-order valence-corrected chi connectivity index (χ1v) is 9.51. The van der Waals surface area contributed by atoms with E-state index in [0.717, 1.165) is 27.2 Å². The third-order valence-electron chi connectivity index (χ3n) is 2.57. The summed E-state index contributed by atoms with van der Waals surface area (Å²) in [6.07, 6.45) is 0.477. The Hall–Kier alpha value is -0.990. The largest absolute Gasteiger partial charge is 0.301 e. The molecule has 1 N–H and O–H groups in total. The van der Waals surface area contributed by atoms with Crippen LogP contribution in [0, 0.1) is 6.92 Å². The number of carbonyl (C=O) groups is 1. The van der Waals surface area contributed by atoms with Crippen LogP contribution in [0.1, 0.15) is 41.9 Å². The quantitative estimate of drug-likeness (QED) is 0.777. The summed E-state index contributed by atoms with van der Waals surface area (Å²) in [6.45, 7) is 6.12. The normalized spacial score (nSPS) is 11.0. The van der Waals surface area contributed by atoms with E-state index in [-0.39, 0.29) is 5.91 Å². The standard InChI is InChI=1S/C13H18N4OS3/c1-8(2)12-16-17-13(21-12)15-11(18)4-5-19-6-10-7-20-9(3)14-10/h7-8H,4-6H2,1-3H3,(H,15,17,18). The monoisotopic (exact) mass is 342 g/mol. The highest BCUT2D eigenvalue weighted by atomic mass is 32.2. The van der Waals surface area contributed by atoms with E-state index in [0.29, 0.717) is 17.5 Å². The molecule has 0 aliphatic heterocycles. The molecule has 0 unspecified atom stereocenters. The van der Waals surface area contributed by atoms with Crippen LogP contribution in [0.3, 0.4) is 0 Å². The predicted molar refractivity (Wildman–Crippen MR) is 90.3 cm³/mol. The number of amides is 1. The average Bonchev–Trinajstić information content (AvgIpc) is 3.04. The number of carbonyl (C=O) groups excluding carboxylic acids is 1. The molecule has 0 aliphatic rings. The first kappa shape index (κ1) is 16.4. The molecular weight excluding hydrogens is 324 g/mol. The molecule has 2 aromatic rings. The molecule has 2 heterocycles. The number of aryl methyl sites for hydroxylation is 1. The van der Waals surface area contributed by atoms with E-state index in [2.05, 4.69) is 39.7 Å². The number of thioether (sulfide) groups is 1. The SMILES string of the molecule is Cc1nc(CSCCC(=O)Nc2nnc(C(C)C)s2)cs1. The fourth-order valence-electron chi connectivity index (χ4n) is 1.52. The summed E-state index contributed by atoms with van der Waals surface area (Å²) in [5.41, 5.74) is 1.09. The van der Waals surface area contributed by atoms with Gasteiger partial charge in [-0.15, -0.1) is 21.5 Å². The zero-order valence-corrected chi connectivity index (χ0v) is 14.7. The number of hydrogen-bond acceptors (Lipinski definition) is 7. The molecule has 0 spiro atoms. The number of hydrogen-bond donors (Lipinski definition) is 1. The molecule has 2 rings (SSSR count). The minimum absolute atomic E-state index is 0.0107. The van der Waals surface area contributed by atoms with Crippen molar-refractivity contribution in [3.63, 3.8) is 0 Å². The zero-order valence-electron chi connectivity index (χ0n) is 12.3. The Bertz CT molecular complexity index is 594. The van der Waals surface area contributed by atoms with E-state index in [1.54, 1.807) is 23.1 Å². The van der Waals surface area contributed by atoms with E-state index >= 15 is 0 Å². The number of thiazole rings is 1. The maximum Gasteiger partial charge on any atom is 0.227 e. The first-order valence-electron chi connectivity index (χ1n) is 6.66. The highest BCUT2D eigenvalue weighted by molar-refractivity contribution is 7.98. The van der Waals surface area contributed by atoms with Gasteiger partial charge in [-0.05, 0) is 6.92 Å². The minimum Gasteiger partial charge on any atom is -0.301 e. The molecular formula is C13H18N4OS3. The molecule has 0 radical (unpaired) electrons. The Morgan fingerprint density at radius 2 is 2.24 bits per heavy atom. The van der Waals surface area contributed by atoms with Crippen molar-refractivity contribution in [3.05, 3.63) is 21.1 Å². The lowest BCUT2D eigenvalue weighted by molar-refractivity contribution is -0.115. The van der Waals surface area contributed by atoms with E-state index < -0.39 is 0 Å². The Labute approximate surface area is 136 Å². The third-order valence-corrected chi connectivity index (χ3v) is 5.53. The fourth-order valence-corrected chi connectivity index (χ4v) is 3.83. The summed E-state index contributed by atoms with van der Waals surface area (Å²) in [5.74, 6) is 1.96. The van der Waals surface area contributed by atoms with Crippen LogP contribution < -0.4 is 5.32 Å². The van der Waals surface area contributed by atoms with Crippen molar-refractivity contribution >= 4 is 45.5 Å². The highest BCUT2D eigenvalue weighted by Gasteiger charge is 2.10. The molecule has 0 saturated heterocycles. The molecule has 0 bridgehead atoms. The van der Waals surface area contributed by atoms with Crippen LogP contribution in [-0.4, -0.2) is 26.8 Å². The molecule has 21 heavy (non-hydrogen) atoms. The van der Waals surface area contributed by atoms with Crippen LogP contribution in [0.2, 0.25) is 0 Å². The highest BCUT2D eigenvalue weighted by Crippen LogP contribution is 2.22. The molecule has 0 aliphatic carbocycles. The first-order chi connectivity index (χ1) is 10.0. The van der Waals surface area contributed by atoms with Gasteiger partial charge in [0, 0.05) is 29.2 Å². The van der Waals surface area contributed by atoms with Crippen molar-refractivity contribution < 1.29 is 4.79 Å². The molecule has 8 heteroatoms. The van der Waals surface area contributed by atoms with Gasteiger partial charge in [0.25, 0.3) is 0 Å². The van der Waals surface area contributed by atoms with Gasteiger partial charge >= 0.3 is 0 Å². The van der Waals surface area contributed by atoms with Crippen LogP contribution in [0.15, 0.2) is 5.38 Å². The summed E-state index contributed by atoms with van der Waals surface area (Å²) in [7, 11) is 0. The van der Waals surface area contributed by atoms with Gasteiger partial charge < -0.3 is 5.32 Å². The van der Waals surface area contributed by atoms with E-state index in [4.69, 9.17) is 0 Å². The maximum atomic E-state index is 11.8. The summed E-state index contributed by atoms with van der Waals surface area (Å²) in [6, 6.07) is 0. The number of rotatable bonds is 7. The molecule has 0 atom stereocenters. The Kier molecular flexibility index (Phi) is 6.13. The number of anilines is 1. The topological polar surface area (TPSA) is 67.8 Å². The zero-order chi connectivity index (χ0) is 15.2. The van der Waals surface area contributed by atoms with Gasteiger partial charge in [-0.2, -0.15) is 11.8 Å². The van der Waals surface area contributed by atoms with Gasteiger partial charge in [0.15, 0.2) is 0 Å². The van der Waals surface area contributed by atoms with Gasteiger partial charge in [-0.25, -0.2) is 4.98 Å². The summed E-state index contributed by atoms with van der Waals surface area (Å²) in [5, 5.41) is 15.5. The lowest BCUT2D eigenvalue weighted by Crippen LogP contribution is -2.12. The van der Waals surface area contributed by atoms with Crippen LogP contribution in [-0.2, 0) is 10.5 Å². The van der Waals surface area contributed by atoms with Crippen molar-refractivity contribution in [3.8, 4) is 0 Å². The Balaban J connectivity index is 1.67. The van der Waals surface area contributed by atoms with Gasteiger partial charge in [0.2, 0.25) is 11.0 Å². The lowest BCUT2D eigenvalue weighted by Gasteiger charge is -2.01. The van der Waals surface area contributed by atoms with E-state index in [9.17, 15) is 4.79 Å². The van der Waals surface area contributed by atoms with Gasteiger partial charge in [0.1, 0.15) is 5.01 Å². The van der Waals surface area contributed by atoms with Crippen molar-refractivity contribution in [2.24, 2.45) is 0 Å². The summed E-state index contributed by atoms with van der Waals surface area (Å²) >= 11 is 4.82. The van der Waals surface area contributed by atoms with Crippen LogP contribution >= 0.6 is 34.4 Å². The average molecular weight is 343 g/mol. The van der Waals surface area contributed by atoms with Crippen LogP contribution in [0.5, 0.6) is 0 Å². The molecule has 114 valence electrons. The number of aromatic nitrogens is 3. The van der Waals surface area contributed by atoms with Crippen LogP contribution in [0.4, 0.5) is 5.13 Å². The van der Waals surface area contributed by atoms with Crippen molar-refractivity contribution in [2.75, 3.05) is 11.1 Å². The van der Waals surface area contributed by atoms with E-state index in [1.807, 2.05) is 6.92 Å². The molecule has 0 saturated carbocycles. The minimum atomic E-state index is -0.0107. The molecule has 0 fully saturated rings. The van der Waals surface area contributed by atoms with Gasteiger partial charge in [-0.3, -0.25) is 4.79 Å².